The van der Waals surface area contributed by atoms with E-state index >= 15 is 0 Å². The monoisotopic (exact) mass is 308 g/mol. The SMILES string of the molecule is CCNC(=NCCC1CC1)N1CCC(CN2CCOCC2)C1. The van der Waals surface area contributed by atoms with Crippen LogP contribution >= 0.6 is 0 Å². The van der Waals surface area contributed by atoms with Gasteiger partial charge in [0.1, 0.15) is 0 Å². The molecule has 22 heavy (non-hydrogen) atoms. The number of guanidine groups is 1. The molecule has 1 atom stereocenters. The van der Waals surface area contributed by atoms with Gasteiger partial charge in [-0.25, -0.2) is 0 Å². The van der Waals surface area contributed by atoms with E-state index < -0.39 is 0 Å². The van der Waals surface area contributed by atoms with Gasteiger partial charge in [-0.2, -0.15) is 0 Å². The molecule has 0 aromatic heterocycles. The molecule has 3 fully saturated rings. The highest BCUT2D eigenvalue weighted by atomic mass is 16.5. The number of ether oxygens (including phenoxy) is 1. The summed E-state index contributed by atoms with van der Waals surface area (Å²) in [6.07, 6.45) is 5.43. The van der Waals surface area contributed by atoms with Gasteiger partial charge >= 0.3 is 0 Å². The molecule has 2 saturated heterocycles. The van der Waals surface area contributed by atoms with Crippen LogP contribution in [-0.4, -0.2) is 74.8 Å². The lowest BCUT2D eigenvalue weighted by Crippen LogP contribution is -2.42. The number of likely N-dealkylation sites (tertiary alicyclic amines) is 1. The van der Waals surface area contributed by atoms with Gasteiger partial charge in [0, 0.05) is 45.8 Å². The molecule has 1 saturated carbocycles. The number of morpholine rings is 1. The Morgan fingerprint density at radius 2 is 1.95 bits per heavy atom. The average Bonchev–Trinajstić information content (AvgIpc) is 3.25. The Balaban J connectivity index is 1.45. The summed E-state index contributed by atoms with van der Waals surface area (Å²) >= 11 is 0. The molecule has 126 valence electrons. The smallest absolute Gasteiger partial charge is 0.193 e. The third-order valence-corrected chi connectivity index (χ3v) is 5.04. The lowest BCUT2D eigenvalue weighted by molar-refractivity contribution is 0.0315. The van der Waals surface area contributed by atoms with Crippen molar-refractivity contribution in [1.82, 2.24) is 15.1 Å². The van der Waals surface area contributed by atoms with Gasteiger partial charge < -0.3 is 15.0 Å². The van der Waals surface area contributed by atoms with Crippen LogP contribution in [0.15, 0.2) is 4.99 Å². The fourth-order valence-corrected chi connectivity index (χ4v) is 3.51. The summed E-state index contributed by atoms with van der Waals surface area (Å²) in [5.74, 6) is 2.90. The Labute approximate surface area is 135 Å². The van der Waals surface area contributed by atoms with E-state index in [1.54, 1.807) is 0 Å². The van der Waals surface area contributed by atoms with E-state index in [2.05, 4.69) is 22.0 Å². The zero-order valence-corrected chi connectivity index (χ0v) is 14.1. The van der Waals surface area contributed by atoms with Crippen LogP contribution in [0.4, 0.5) is 0 Å². The molecule has 1 N–H and O–H groups in total. The van der Waals surface area contributed by atoms with Crippen molar-refractivity contribution < 1.29 is 4.74 Å². The Hall–Kier alpha value is -0.810. The van der Waals surface area contributed by atoms with Crippen molar-refractivity contribution in [2.75, 3.05) is 59.0 Å². The highest BCUT2D eigenvalue weighted by molar-refractivity contribution is 5.80. The number of nitrogens with zero attached hydrogens (tertiary/aromatic N) is 3. The molecule has 3 rings (SSSR count). The second-order valence-corrected chi connectivity index (χ2v) is 6.98. The molecule has 2 heterocycles. The molecule has 0 aromatic carbocycles. The molecule has 1 aliphatic carbocycles. The Morgan fingerprint density at radius 3 is 2.68 bits per heavy atom. The van der Waals surface area contributed by atoms with E-state index in [1.165, 1.54) is 32.2 Å². The van der Waals surface area contributed by atoms with Crippen molar-refractivity contribution >= 4 is 5.96 Å². The second kappa shape index (κ2) is 8.16. The van der Waals surface area contributed by atoms with E-state index in [0.29, 0.717) is 0 Å². The molecule has 2 aliphatic heterocycles. The predicted octanol–water partition coefficient (Wildman–Crippen LogP) is 1.41. The van der Waals surface area contributed by atoms with Gasteiger partial charge in [-0.05, 0) is 31.6 Å². The number of nitrogens with one attached hydrogen (secondary N) is 1. The number of rotatable bonds is 6. The zero-order valence-electron chi connectivity index (χ0n) is 14.1. The molecule has 3 aliphatic rings. The summed E-state index contributed by atoms with van der Waals surface area (Å²) in [6, 6.07) is 0. The molecule has 5 heteroatoms. The second-order valence-electron chi connectivity index (χ2n) is 6.98. The minimum Gasteiger partial charge on any atom is -0.379 e. The van der Waals surface area contributed by atoms with Gasteiger partial charge in [0.25, 0.3) is 0 Å². The minimum absolute atomic E-state index is 0.783. The van der Waals surface area contributed by atoms with E-state index in [0.717, 1.165) is 70.3 Å². The fourth-order valence-electron chi connectivity index (χ4n) is 3.51. The van der Waals surface area contributed by atoms with Crippen molar-refractivity contribution in [1.29, 1.82) is 0 Å². The van der Waals surface area contributed by atoms with E-state index in [1.807, 2.05) is 0 Å². The largest absolute Gasteiger partial charge is 0.379 e. The van der Waals surface area contributed by atoms with Crippen molar-refractivity contribution in [3.05, 3.63) is 0 Å². The Morgan fingerprint density at radius 1 is 1.14 bits per heavy atom. The zero-order chi connectivity index (χ0) is 15.2. The summed E-state index contributed by atoms with van der Waals surface area (Å²) in [6.45, 7) is 11.7. The van der Waals surface area contributed by atoms with Crippen LogP contribution in [0, 0.1) is 11.8 Å². The highest BCUT2D eigenvalue weighted by Crippen LogP contribution is 2.32. The van der Waals surface area contributed by atoms with Crippen LogP contribution in [0.2, 0.25) is 0 Å². The van der Waals surface area contributed by atoms with Crippen molar-refractivity contribution in [3.8, 4) is 0 Å². The summed E-state index contributed by atoms with van der Waals surface area (Å²) in [5.41, 5.74) is 0. The Kier molecular flexibility index (Phi) is 5.96. The highest BCUT2D eigenvalue weighted by Gasteiger charge is 2.27. The summed E-state index contributed by atoms with van der Waals surface area (Å²) < 4.78 is 5.44. The topological polar surface area (TPSA) is 40.1 Å². The van der Waals surface area contributed by atoms with Crippen LogP contribution in [0.5, 0.6) is 0 Å². The van der Waals surface area contributed by atoms with Crippen LogP contribution in [0.3, 0.4) is 0 Å². The van der Waals surface area contributed by atoms with Crippen molar-refractivity contribution in [2.24, 2.45) is 16.8 Å². The minimum atomic E-state index is 0.783. The van der Waals surface area contributed by atoms with Crippen LogP contribution in [0.1, 0.15) is 32.6 Å². The van der Waals surface area contributed by atoms with Crippen LogP contribution in [0.25, 0.3) is 0 Å². The average molecular weight is 308 g/mol. The predicted molar refractivity (Wildman–Crippen MR) is 90.3 cm³/mol. The van der Waals surface area contributed by atoms with E-state index in [4.69, 9.17) is 9.73 Å². The molecule has 0 aromatic rings. The van der Waals surface area contributed by atoms with E-state index in [9.17, 15) is 0 Å². The first-order valence-corrected chi connectivity index (χ1v) is 9.18. The summed E-state index contributed by atoms with van der Waals surface area (Å²) in [4.78, 5) is 9.89. The first-order chi connectivity index (χ1) is 10.8. The standard InChI is InChI=1S/C17H32N4O/c1-2-18-17(19-7-5-15-3-4-15)21-8-6-16(14-21)13-20-9-11-22-12-10-20/h15-16H,2-14H2,1H3,(H,18,19). The van der Waals surface area contributed by atoms with Gasteiger partial charge in [0.05, 0.1) is 13.2 Å². The maximum Gasteiger partial charge on any atom is 0.193 e. The summed E-state index contributed by atoms with van der Waals surface area (Å²) in [5, 5.41) is 3.49. The van der Waals surface area contributed by atoms with Gasteiger partial charge in [0.15, 0.2) is 5.96 Å². The molecule has 5 nitrogen and oxygen atoms in total. The molecule has 0 spiro atoms. The van der Waals surface area contributed by atoms with Crippen molar-refractivity contribution in [2.45, 2.75) is 32.6 Å². The Bertz CT molecular complexity index is 364. The first-order valence-electron chi connectivity index (χ1n) is 9.18. The van der Waals surface area contributed by atoms with Gasteiger partial charge in [-0.3, -0.25) is 9.89 Å². The van der Waals surface area contributed by atoms with Gasteiger partial charge in [-0.1, -0.05) is 12.8 Å². The number of hydrogen-bond donors (Lipinski definition) is 1. The van der Waals surface area contributed by atoms with E-state index in [-0.39, 0.29) is 0 Å². The molecule has 1 unspecified atom stereocenters. The lowest BCUT2D eigenvalue weighted by atomic mass is 10.1. The molecular weight excluding hydrogens is 276 g/mol. The lowest BCUT2D eigenvalue weighted by Gasteiger charge is -2.29. The maximum atomic E-state index is 5.44. The van der Waals surface area contributed by atoms with Gasteiger partial charge in [-0.15, -0.1) is 0 Å². The van der Waals surface area contributed by atoms with Crippen LogP contribution in [-0.2, 0) is 4.74 Å². The molecule has 0 bridgehead atoms. The summed E-state index contributed by atoms with van der Waals surface area (Å²) in [7, 11) is 0. The third kappa shape index (κ3) is 4.85. The molecule has 0 amide bonds. The quantitative estimate of drug-likeness (QED) is 0.595. The normalized spacial score (nSPS) is 27.4. The number of aliphatic imine (C=N–C) groups is 1. The van der Waals surface area contributed by atoms with Crippen LogP contribution < -0.4 is 5.32 Å². The fraction of sp³-hybridized carbons (Fsp3) is 0.941. The molecular formula is C17H32N4O. The maximum absolute atomic E-state index is 5.44. The molecule has 0 radical (unpaired) electrons. The number of hydrogen-bond acceptors (Lipinski definition) is 3. The van der Waals surface area contributed by atoms with Crippen molar-refractivity contribution in [3.63, 3.8) is 0 Å². The third-order valence-electron chi connectivity index (χ3n) is 5.04. The van der Waals surface area contributed by atoms with Gasteiger partial charge in [0.2, 0.25) is 0 Å². The first kappa shape index (κ1) is 16.1.